The summed E-state index contributed by atoms with van der Waals surface area (Å²) in [6.45, 7) is 0. The van der Waals surface area contributed by atoms with Crippen LogP contribution in [0.4, 0.5) is 5.69 Å². The fourth-order valence-electron chi connectivity index (χ4n) is 2.52. The van der Waals surface area contributed by atoms with E-state index < -0.39 is 5.91 Å². The Labute approximate surface area is 168 Å². The van der Waals surface area contributed by atoms with Gasteiger partial charge in [-0.15, -0.1) is 0 Å². The summed E-state index contributed by atoms with van der Waals surface area (Å²) in [6.07, 6.45) is 4.44. The van der Waals surface area contributed by atoms with Crippen LogP contribution in [0, 0.1) is 0 Å². The molecular weight excluding hydrogens is 366 g/mol. The fourth-order valence-corrected chi connectivity index (χ4v) is 2.52. The number of phenols is 1. The summed E-state index contributed by atoms with van der Waals surface area (Å²) in [5.41, 5.74) is 4.40. The van der Waals surface area contributed by atoms with Crippen LogP contribution in [0.2, 0.25) is 0 Å². The minimum absolute atomic E-state index is 0.0587. The van der Waals surface area contributed by atoms with E-state index in [2.05, 4.69) is 15.8 Å². The smallest absolute Gasteiger partial charge is 0.273 e. The standard InChI is InChI=1S/C23H19N3O3/c27-21-13-7-4-10-18(21)16-24-26-23(29)19-11-5-6-12-20(19)25-22(28)15-14-17-8-2-1-3-9-17/h1-16,27H,(H,25,28)(H,26,29)/b15-14+,24-16-. The number of phenolic OH excluding ortho intramolecular Hbond substituents is 1. The number of anilines is 1. The van der Waals surface area contributed by atoms with E-state index in [1.54, 1.807) is 48.5 Å². The molecule has 6 nitrogen and oxygen atoms in total. The number of rotatable bonds is 6. The van der Waals surface area contributed by atoms with Crippen molar-refractivity contribution in [1.29, 1.82) is 0 Å². The van der Waals surface area contributed by atoms with Crippen molar-refractivity contribution in [3.8, 4) is 5.75 Å². The quantitative estimate of drug-likeness (QED) is 0.342. The highest BCUT2D eigenvalue weighted by Gasteiger charge is 2.11. The lowest BCUT2D eigenvalue weighted by molar-refractivity contribution is -0.111. The number of benzene rings is 3. The van der Waals surface area contributed by atoms with Gasteiger partial charge in [-0.05, 0) is 35.9 Å². The lowest BCUT2D eigenvalue weighted by atomic mass is 10.1. The van der Waals surface area contributed by atoms with Crippen molar-refractivity contribution in [3.05, 3.63) is 102 Å². The van der Waals surface area contributed by atoms with E-state index in [1.807, 2.05) is 30.3 Å². The SMILES string of the molecule is O=C(/C=C/c1ccccc1)Nc1ccccc1C(=O)N/N=C\c1ccccc1O. The number of nitrogens with one attached hydrogen (secondary N) is 2. The number of para-hydroxylation sites is 2. The van der Waals surface area contributed by atoms with Gasteiger partial charge in [0.05, 0.1) is 17.5 Å². The van der Waals surface area contributed by atoms with Gasteiger partial charge in [0.2, 0.25) is 5.91 Å². The van der Waals surface area contributed by atoms with Crippen LogP contribution in [0.25, 0.3) is 6.08 Å². The molecule has 0 aliphatic rings. The summed E-state index contributed by atoms with van der Waals surface area (Å²) in [6, 6.07) is 22.7. The summed E-state index contributed by atoms with van der Waals surface area (Å²) >= 11 is 0. The van der Waals surface area contributed by atoms with Gasteiger partial charge >= 0.3 is 0 Å². The molecule has 0 unspecified atom stereocenters. The van der Waals surface area contributed by atoms with E-state index in [4.69, 9.17) is 0 Å². The van der Waals surface area contributed by atoms with Gasteiger partial charge in [0.15, 0.2) is 0 Å². The summed E-state index contributed by atoms with van der Waals surface area (Å²) in [5, 5.41) is 16.3. The molecule has 0 spiro atoms. The van der Waals surface area contributed by atoms with E-state index in [0.29, 0.717) is 11.3 Å². The van der Waals surface area contributed by atoms with Crippen molar-refractivity contribution in [2.75, 3.05) is 5.32 Å². The second-order valence-electron chi connectivity index (χ2n) is 6.04. The third kappa shape index (κ3) is 5.64. The van der Waals surface area contributed by atoms with Gasteiger partial charge in [0.1, 0.15) is 5.75 Å². The largest absolute Gasteiger partial charge is 0.507 e. The minimum Gasteiger partial charge on any atom is -0.507 e. The maximum Gasteiger partial charge on any atom is 0.273 e. The lowest BCUT2D eigenvalue weighted by Gasteiger charge is -2.08. The molecule has 0 atom stereocenters. The Kier molecular flexibility index (Phi) is 6.52. The number of amides is 2. The molecule has 2 amide bonds. The molecule has 0 heterocycles. The molecule has 3 aromatic rings. The molecule has 3 aromatic carbocycles. The Morgan fingerprint density at radius 2 is 1.55 bits per heavy atom. The Hall–Kier alpha value is -4.19. The Bertz CT molecular complexity index is 1060. The number of aromatic hydroxyl groups is 1. The second kappa shape index (κ2) is 9.66. The molecule has 0 fully saturated rings. The van der Waals surface area contributed by atoms with Crippen LogP contribution in [-0.4, -0.2) is 23.1 Å². The second-order valence-corrected chi connectivity index (χ2v) is 6.04. The lowest BCUT2D eigenvalue weighted by Crippen LogP contribution is -2.20. The van der Waals surface area contributed by atoms with Gasteiger partial charge in [0, 0.05) is 11.6 Å². The van der Waals surface area contributed by atoms with E-state index in [0.717, 1.165) is 5.56 Å². The summed E-state index contributed by atoms with van der Waals surface area (Å²) in [4.78, 5) is 24.7. The average molecular weight is 385 g/mol. The van der Waals surface area contributed by atoms with Crippen LogP contribution in [0.1, 0.15) is 21.5 Å². The maximum atomic E-state index is 12.4. The molecule has 3 N–H and O–H groups in total. The van der Waals surface area contributed by atoms with E-state index >= 15 is 0 Å². The molecule has 0 aromatic heterocycles. The fraction of sp³-hybridized carbons (Fsp3) is 0. The Morgan fingerprint density at radius 3 is 2.34 bits per heavy atom. The van der Waals surface area contributed by atoms with Crippen molar-refractivity contribution in [2.24, 2.45) is 5.10 Å². The third-order valence-corrected chi connectivity index (χ3v) is 3.96. The molecule has 0 aliphatic carbocycles. The predicted octanol–water partition coefficient (Wildman–Crippen LogP) is 3.81. The van der Waals surface area contributed by atoms with Gasteiger partial charge in [-0.3, -0.25) is 9.59 Å². The van der Waals surface area contributed by atoms with Gasteiger partial charge in [-0.25, -0.2) is 5.43 Å². The zero-order valence-electron chi connectivity index (χ0n) is 15.4. The molecule has 0 saturated heterocycles. The van der Waals surface area contributed by atoms with E-state index in [9.17, 15) is 14.7 Å². The van der Waals surface area contributed by atoms with Crippen LogP contribution in [0.5, 0.6) is 5.75 Å². The van der Waals surface area contributed by atoms with Crippen LogP contribution >= 0.6 is 0 Å². The summed E-state index contributed by atoms with van der Waals surface area (Å²) < 4.78 is 0. The first kappa shape index (κ1) is 19.6. The first-order valence-electron chi connectivity index (χ1n) is 8.88. The van der Waals surface area contributed by atoms with Crippen molar-refractivity contribution >= 4 is 29.8 Å². The summed E-state index contributed by atoms with van der Waals surface area (Å²) in [7, 11) is 0. The molecular formula is C23H19N3O3. The predicted molar refractivity (Wildman–Crippen MR) is 114 cm³/mol. The molecule has 29 heavy (non-hydrogen) atoms. The Morgan fingerprint density at radius 1 is 0.862 bits per heavy atom. The molecule has 0 aliphatic heterocycles. The molecule has 144 valence electrons. The highest BCUT2D eigenvalue weighted by atomic mass is 16.3. The van der Waals surface area contributed by atoms with Gasteiger partial charge in [0.25, 0.3) is 5.91 Å². The van der Waals surface area contributed by atoms with Crippen molar-refractivity contribution in [3.63, 3.8) is 0 Å². The van der Waals surface area contributed by atoms with Crippen molar-refractivity contribution in [1.82, 2.24) is 5.43 Å². The van der Waals surface area contributed by atoms with E-state index in [1.165, 1.54) is 18.4 Å². The van der Waals surface area contributed by atoms with Gasteiger partial charge in [-0.1, -0.05) is 54.6 Å². The van der Waals surface area contributed by atoms with Crippen LogP contribution in [-0.2, 0) is 4.79 Å². The minimum atomic E-state index is -0.486. The topological polar surface area (TPSA) is 90.8 Å². The van der Waals surface area contributed by atoms with Gasteiger partial charge < -0.3 is 10.4 Å². The first-order valence-corrected chi connectivity index (χ1v) is 8.88. The average Bonchev–Trinajstić information content (AvgIpc) is 2.75. The number of carbonyl (C=O) groups excluding carboxylic acids is 2. The number of hydrazone groups is 1. The molecule has 3 rings (SSSR count). The maximum absolute atomic E-state index is 12.4. The normalized spacial score (nSPS) is 10.9. The Balaban J connectivity index is 1.66. The third-order valence-electron chi connectivity index (χ3n) is 3.96. The zero-order valence-corrected chi connectivity index (χ0v) is 15.4. The highest BCUT2D eigenvalue weighted by Crippen LogP contribution is 2.16. The zero-order chi connectivity index (χ0) is 20.5. The summed E-state index contributed by atoms with van der Waals surface area (Å²) in [5.74, 6) is -0.783. The monoisotopic (exact) mass is 385 g/mol. The number of nitrogens with zero attached hydrogens (tertiary/aromatic N) is 1. The first-order chi connectivity index (χ1) is 14.1. The van der Waals surface area contributed by atoms with E-state index in [-0.39, 0.29) is 17.2 Å². The number of carbonyl (C=O) groups is 2. The molecule has 0 bridgehead atoms. The van der Waals surface area contributed by atoms with Crippen LogP contribution in [0.3, 0.4) is 0 Å². The molecule has 6 heteroatoms. The van der Waals surface area contributed by atoms with Crippen molar-refractivity contribution < 1.29 is 14.7 Å². The van der Waals surface area contributed by atoms with Crippen LogP contribution in [0.15, 0.2) is 90.0 Å². The molecule has 0 radical (unpaired) electrons. The molecule has 0 saturated carbocycles. The van der Waals surface area contributed by atoms with Gasteiger partial charge in [-0.2, -0.15) is 5.10 Å². The highest BCUT2D eigenvalue weighted by molar-refractivity contribution is 6.07. The van der Waals surface area contributed by atoms with Crippen LogP contribution < -0.4 is 10.7 Å². The number of hydrogen-bond acceptors (Lipinski definition) is 4. The number of hydrogen-bond donors (Lipinski definition) is 3. The van der Waals surface area contributed by atoms with Crippen molar-refractivity contribution in [2.45, 2.75) is 0 Å².